The predicted octanol–water partition coefficient (Wildman–Crippen LogP) is 10.9. The summed E-state index contributed by atoms with van der Waals surface area (Å²) in [6, 6.07) is 59.2. The summed E-state index contributed by atoms with van der Waals surface area (Å²) in [5.41, 5.74) is 13.2. The molecule has 2 aliphatic rings. The molecule has 0 fully saturated rings. The Balaban J connectivity index is 1.14. The summed E-state index contributed by atoms with van der Waals surface area (Å²) in [6.07, 6.45) is 0.0395. The summed E-state index contributed by atoms with van der Waals surface area (Å²) in [7, 11) is 0. The average Bonchev–Trinajstić information content (AvgIpc) is 3.43. The number of nitrogens with one attached hydrogen (secondary N) is 2. The molecule has 0 aliphatic carbocycles. The van der Waals surface area contributed by atoms with Gasteiger partial charge in [0.05, 0.1) is 23.1 Å². The summed E-state index contributed by atoms with van der Waals surface area (Å²) < 4.78 is 0. The molecule has 0 bridgehead atoms. The first-order chi connectivity index (χ1) is 22.3. The molecular weight excluding hydrogens is 546 g/mol. The normalized spacial score (nSPS) is 16.3. The van der Waals surface area contributed by atoms with Crippen LogP contribution >= 0.6 is 0 Å². The number of fused-ring (bicyclic) bond motifs is 5. The van der Waals surface area contributed by atoms with Crippen LogP contribution in [0, 0.1) is 0 Å². The lowest BCUT2D eigenvalue weighted by molar-refractivity contribution is 0.655. The summed E-state index contributed by atoms with van der Waals surface area (Å²) >= 11 is 0. The van der Waals surface area contributed by atoms with Gasteiger partial charge in [0, 0.05) is 16.6 Å². The average molecular weight is 578 g/mol. The highest BCUT2D eigenvalue weighted by molar-refractivity contribution is 5.98. The van der Waals surface area contributed by atoms with Crippen LogP contribution in [0.15, 0.2) is 164 Å². The zero-order chi connectivity index (χ0) is 29.7. The number of nitrogens with zero attached hydrogens (tertiary/aromatic N) is 1. The third-order valence-electron chi connectivity index (χ3n) is 9.27. The van der Waals surface area contributed by atoms with Crippen LogP contribution in [0.1, 0.15) is 11.6 Å². The van der Waals surface area contributed by atoms with E-state index in [9.17, 15) is 0 Å². The van der Waals surface area contributed by atoms with E-state index in [1.165, 1.54) is 61.1 Å². The van der Waals surface area contributed by atoms with Crippen molar-refractivity contribution in [3.05, 3.63) is 169 Å². The number of hydrogen-bond donors (Lipinski definition) is 2. The quantitative estimate of drug-likeness (QED) is 0.218. The van der Waals surface area contributed by atoms with E-state index in [0.717, 1.165) is 11.4 Å². The molecule has 9 rings (SSSR count). The van der Waals surface area contributed by atoms with Gasteiger partial charge >= 0.3 is 0 Å². The fourth-order valence-corrected chi connectivity index (χ4v) is 7.13. The second-order valence-corrected chi connectivity index (χ2v) is 11.9. The Morgan fingerprint density at radius 3 is 1.76 bits per heavy atom. The lowest BCUT2D eigenvalue weighted by Crippen LogP contribution is -2.42. The molecule has 2 heterocycles. The predicted molar refractivity (Wildman–Crippen MR) is 189 cm³/mol. The highest BCUT2D eigenvalue weighted by atomic mass is 15.4. The van der Waals surface area contributed by atoms with Gasteiger partial charge in [-0.2, -0.15) is 0 Å². The van der Waals surface area contributed by atoms with E-state index >= 15 is 0 Å². The van der Waals surface area contributed by atoms with Crippen LogP contribution in [0.3, 0.4) is 0 Å². The van der Waals surface area contributed by atoms with Crippen LogP contribution in [0.25, 0.3) is 44.2 Å². The third kappa shape index (κ3) is 4.36. The topological polar surface area (TPSA) is 27.3 Å². The minimum absolute atomic E-state index is 0.0395. The first-order valence-corrected chi connectivity index (χ1v) is 15.6. The maximum atomic E-state index is 3.96. The molecule has 3 nitrogen and oxygen atoms in total. The third-order valence-corrected chi connectivity index (χ3v) is 9.27. The Morgan fingerprint density at radius 1 is 0.400 bits per heavy atom. The van der Waals surface area contributed by atoms with E-state index in [-0.39, 0.29) is 12.2 Å². The molecule has 7 aromatic carbocycles. The number of rotatable bonds is 4. The molecule has 45 heavy (non-hydrogen) atoms. The fourth-order valence-electron chi connectivity index (χ4n) is 7.13. The Hall–Kier alpha value is -5.80. The van der Waals surface area contributed by atoms with Crippen molar-refractivity contribution in [1.29, 1.82) is 0 Å². The van der Waals surface area contributed by atoms with Gasteiger partial charge in [-0.1, -0.05) is 121 Å². The minimum Gasteiger partial charge on any atom is -0.373 e. The lowest BCUT2D eigenvalue weighted by atomic mass is 9.92. The maximum Gasteiger partial charge on any atom is 0.129 e. The first-order valence-electron chi connectivity index (χ1n) is 15.6. The van der Waals surface area contributed by atoms with Crippen LogP contribution in [0.2, 0.25) is 0 Å². The maximum absolute atomic E-state index is 3.96. The summed E-state index contributed by atoms with van der Waals surface area (Å²) in [4.78, 5) is 2.47. The molecule has 7 aromatic rings. The molecule has 0 aromatic heterocycles. The molecule has 3 heteroatoms. The van der Waals surface area contributed by atoms with E-state index in [1.54, 1.807) is 0 Å². The number of benzene rings is 7. The van der Waals surface area contributed by atoms with Crippen LogP contribution in [-0.4, -0.2) is 6.17 Å². The van der Waals surface area contributed by atoms with Gasteiger partial charge in [0.1, 0.15) is 6.17 Å². The molecule has 0 saturated carbocycles. The molecule has 0 spiro atoms. The number of anilines is 4. The van der Waals surface area contributed by atoms with Gasteiger partial charge in [0.25, 0.3) is 0 Å². The van der Waals surface area contributed by atoms with Crippen molar-refractivity contribution in [3.63, 3.8) is 0 Å². The Kier molecular flexibility index (Phi) is 5.95. The lowest BCUT2D eigenvalue weighted by Gasteiger charge is -2.37. The van der Waals surface area contributed by atoms with E-state index in [1.807, 2.05) is 0 Å². The van der Waals surface area contributed by atoms with E-state index in [2.05, 4.69) is 179 Å². The van der Waals surface area contributed by atoms with Crippen molar-refractivity contribution < 1.29 is 0 Å². The molecule has 0 saturated heterocycles. The van der Waals surface area contributed by atoms with Crippen molar-refractivity contribution >= 4 is 33.5 Å². The SMILES string of the molecule is c1ccc(-c2cc(-c3ccccc3)cc(-c3ccc4c(c3)NC3c5ccccc5N(c5cccc6ccccc56)C3N4)c2)cc1. The highest BCUT2D eigenvalue weighted by Gasteiger charge is 2.42. The molecule has 2 atom stereocenters. The molecule has 2 unspecified atom stereocenters. The monoisotopic (exact) mass is 577 g/mol. The molecule has 2 N–H and O–H groups in total. The van der Waals surface area contributed by atoms with Crippen LogP contribution in [-0.2, 0) is 0 Å². The van der Waals surface area contributed by atoms with Gasteiger partial charge in [-0.15, -0.1) is 0 Å². The van der Waals surface area contributed by atoms with Crippen LogP contribution < -0.4 is 15.5 Å². The van der Waals surface area contributed by atoms with Crippen LogP contribution in [0.5, 0.6) is 0 Å². The van der Waals surface area contributed by atoms with Crippen molar-refractivity contribution in [2.45, 2.75) is 12.2 Å². The van der Waals surface area contributed by atoms with Gasteiger partial charge in [-0.3, -0.25) is 0 Å². The highest BCUT2D eigenvalue weighted by Crippen LogP contribution is 2.50. The summed E-state index contributed by atoms with van der Waals surface area (Å²) in [6.45, 7) is 0. The molecule has 0 amide bonds. The first kappa shape index (κ1) is 25.7. The second-order valence-electron chi connectivity index (χ2n) is 11.9. The molecular formula is C42H31N3. The largest absolute Gasteiger partial charge is 0.373 e. The summed E-state index contributed by atoms with van der Waals surface area (Å²) in [5.74, 6) is 0. The molecule has 0 radical (unpaired) electrons. The van der Waals surface area contributed by atoms with Crippen molar-refractivity contribution in [2.75, 3.05) is 15.5 Å². The van der Waals surface area contributed by atoms with Gasteiger partial charge < -0.3 is 15.5 Å². The van der Waals surface area contributed by atoms with Crippen molar-refractivity contribution in [3.8, 4) is 33.4 Å². The second kappa shape index (κ2) is 10.4. The van der Waals surface area contributed by atoms with Gasteiger partial charge in [0.2, 0.25) is 0 Å². The fraction of sp³-hybridized carbons (Fsp3) is 0.0476. The van der Waals surface area contributed by atoms with E-state index in [0.29, 0.717) is 0 Å². The van der Waals surface area contributed by atoms with Crippen molar-refractivity contribution in [1.82, 2.24) is 0 Å². The molecule has 214 valence electrons. The number of para-hydroxylation sites is 1. The zero-order valence-corrected chi connectivity index (χ0v) is 24.7. The Morgan fingerprint density at radius 2 is 1.00 bits per heavy atom. The number of hydrogen-bond acceptors (Lipinski definition) is 3. The van der Waals surface area contributed by atoms with Crippen molar-refractivity contribution in [2.24, 2.45) is 0 Å². The van der Waals surface area contributed by atoms with Gasteiger partial charge in [0.15, 0.2) is 0 Å². The summed E-state index contributed by atoms with van der Waals surface area (Å²) in [5, 5.41) is 10.4. The van der Waals surface area contributed by atoms with Gasteiger partial charge in [-0.05, 0) is 81.2 Å². The zero-order valence-electron chi connectivity index (χ0n) is 24.7. The van der Waals surface area contributed by atoms with E-state index in [4.69, 9.17) is 0 Å². The van der Waals surface area contributed by atoms with Crippen LogP contribution in [0.4, 0.5) is 22.7 Å². The smallest absolute Gasteiger partial charge is 0.129 e. The van der Waals surface area contributed by atoms with E-state index < -0.39 is 0 Å². The standard InChI is InChI=1S/C42H31N3/c1-3-12-28(13-4-1)32-24-33(29-14-5-2-6-15-29)26-34(25-32)31-22-23-37-38(27-31)43-41-36-19-9-10-20-40(36)45(42(41)44-37)39-21-11-17-30-16-7-8-18-35(30)39/h1-27,41-44H. The Labute approximate surface area is 263 Å². The minimum atomic E-state index is 0.0395. The molecule has 2 aliphatic heterocycles. The Bertz CT molecular complexity index is 2130. The van der Waals surface area contributed by atoms with Gasteiger partial charge in [-0.25, -0.2) is 0 Å².